The molecule has 25 heteroatoms. The number of carboxylic acids is 4. The van der Waals surface area contributed by atoms with Crippen molar-refractivity contribution in [2.24, 2.45) is 22.9 Å². The summed E-state index contributed by atoms with van der Waals surface area (Å²) in [5.74, 6) is -6.94. The van der Waals surface area contributed by atoms with Crippen LogP contribution in [0.15, 0.2) is 25.0 Å². The minimum atomic E-state index is -1.40. The smallest absolute Gasteiger partial charge is 0.642 e. The van der Waals surface area contributed by atoms with Gasteiger partial charge < -0.3 is 89.0 Å². The van der Waals surface area contributed by atoms with E-state index >= 15 is 0 Å². The third kappa shape index (κ3) is 30.4. The van der Waals surface area contributed by atoms with E-state index < -0.39 is 71.7 Å². The van der Waals surface area contributed by atoms with Crippen molar-refractivity contribution in [3.8, 4) is 0 Å². The van der Waals surface area contributed by atoms with Gasteiger partial charge in [-0.05, 0) is 64.1 Å². The molecule has 0 saturated carbocycles. The summed E-state index contributed by atoms with van der Waals surface area (Å²) in [5, 5.41) is 48.1. The third-order valence-corrected chi connectivity index (χ3v) is 6.66. The molecule has 0 aliphatic heterocycles. The van der Waals surface area contributed by atoms with Gasteiger partial charge in [0.05, 0.1) is 49.1 Å². The molecule has 2 rings (SSSR count). The van der Waals surface area contributed by atoms with Crippen molar-refractivity contribution in [2.45, 2.75) is 89.4 Å². The van der Waals surface area contributed by atoms with Crippen LogP contribution in [0.25, 0.3) is 5.32 Å². The molecule has 4 unspecified atom stereocenters. The van der Waals surface area contributed by atoms with Gasteiger partial charge in [0, 0.05) is 50.6 Å². The van der Waals surface area contributed by atoms with Crippen molar-refractivity contribution < 1.29 is 77.3 Å². The number of rotatable bonds is 22. The van der Waals surface area contributed by atoms with Crippen molar-refractivity contribution in [2.75, 3.05) is 26.2 Å². The summed E-state index contributed by atoms with van der Waals surface area (Å²) in [6.07, 6.45) is 8.77. The minimum Gasteiger partial charge on any atom is -0.642 e. The van der Waals surface area contributed by atoms with Crippen LogP contribution >= 0.6 is 0 Å². The Morgan fingerprint density at radius 2 is 1.12 bits per heavy atom. The van der Waals surface area contributed by atoms with E-state index in [1.165, 1.54) is 25.0 Å². The summed E-state index contributed by atoms with van der Waals surface area (Å²) in [6, 6.07) is -4.39. The number of aliphatic carboxylic acids is 4. The van der Waals surface area contributed by atoms with Crippen LogP contribution < -0.4 is 49.1 Å². The van der Waals surface area contributed by atoms with Gasteiger partial charge in [0.2, 0.25) is 17.7 Å². The Bertz CT molecular complexity index is 1360. The molecule has 0 aliphatic carbocycles. The first kappa shape index (κ1) is 55.9. The normalized spacial score (nSPS) is 11.9. The number of nitrogens with one attached hydrogen (secondary N) is 5. The number of unbranched alkanes of at least 4 members (excludes halogenated alkanes) is 2. The molecule has 0 aliphatic rings. The number of carboxylic acid groups (broad SMARTS) is 4. The van der Waals surface area contributed by atoms with Crippen LogP contribution in [0, 0.1) is 0 Å². The Morgan fingerprint density at radius 3 is 1.47 bits per heavy atom. The molecule has 1 radical (unpaired) electrons. The molecular weight excluding hydrogens is 808 g/mol. The quantitative estimate of drug-likeness (QED) is 0.0389. The fraction of sp³-hybridized carbons (Fsp3) is 0.562. The van der Waals surface area contributed by atoms with Crippen LogP contribution in [0.5, 0.6) is 0 Å². The number of amides is 4. The monoisotopic (exact) mass is 861 g/mol. The van der Waals surface area contributed by atoms with Crippen molar-refractivity contribution >= 4 is 47.5 Å². The average Bonchev–Trinajstić information content (AvgIpc) is 3.84. The molecule has 2 aromatic heterocycles. The second kappa shape index (κ2) is 33.8. The van der Waals surface area contributed by atoms with E-state index in [-0.39, 0.29) is 57.3 Å². The van der Waals surface area contributed by atoms with E-state index in [9.17, 15) is 39.0 Å². The first-order valence-corrected chi connectivity index (χ1v) is 17.1. The molecule has 325 valence electrons. The summed E-state index contributed by atoms with van der Waals surface area (Å²) in [5.41, 5.74) is 22.4. The summed E-state index contributed by atoms with van der Waals surface area (Å²) < 4.78 is 0. The van der Waals surface area contributed by atoms with E-state index in [1.54, 1.807) is 0 Å². The van der Waals surface area contributed by atoms with Gasteiger partial charge in [-0.15, -0.1) is 0 Å². The number of hydrogen-bond donors (Lipinski definition) is 11. The zero-order chi connectivity index (χ0) is 43.1. The Kier molecular flexibility index (Phi) is 33.2. The molecule has 0 spiro atoms. The van der Waals surface area contributed by atoms with Crippen LogP contribution in [0.3, 0.4) is 0 Å². The fourth-order valence-corrected chi connectivity index (χ4v) is 4.13. The molecule has 0 aromatic carbocycles. The predicted molar refractivity (Wildman–Crippen MR) is 194 cm³/mol. The number of nitrogens with two attached hydrogens (primary N) is 4. The number of imidazole rings is 2. The molecule has 2 heterocycles. The first-order valence-electron chi connectivity index (χ1n) is 17.1. The van der Waals surface area contributed by atoms with Gasteiger partial charge in [-0.2, -0.15) is 0 Å². The second-order valence-electron chi connectivity index (χ2n) is 11.5. The van der Waals surface area contributed by atoms with Gasteiger partial charge in [-0.1, -0.05) is 0 Å². The van der Waals surface area contributed by atoms with E-state index in [2.05, 4.69) is 41.2 Å². The van der Waals surface area contributed by atoms with Gasteiger partial charge >= 0.3 is 18.5 Å². The van der Waals surface area contributed by atoms with Gasteiger partial charge in [0.25, 0.3) is 11.9 Å². The molecular formula is C32H54CuN12O12. The standard InChI is InChI=1S/2C14H24N6O4.2C2H4O2.Cu/c2*15-4-2-1-3-10(14(23)24)20-13(22)11(19-12(21)6-16)5-9-7-17-8-18-9;2*1-2(3)4;/h7-8,10-11H,1-6,15-16H2,(H,17,18)(H,19,21)(H,20,22)(H,23,24);7-8,10-11H,1-6,15-16H2,(H4,17,18,19,20,21,22,23,24);2*1H3,(H,3,4);/q;;;;+2/p-2. The van der Waals surface area contributed by atoms with Crippen molar-refractivity contribution in [1.82, 2.24) is 35.9 Å². The maximum absolute atomic E-state index is 12.4. The zero-order valence-electron chi connectivity index (χ0n) is 32.5. The molecule has 24 nitrogen and oxygen atoms in total. The SMILES string of the molecule is CC(=O)O.CC(=O)O.NCCCCC(NC(=O)C(Cc1cnc[nH]1)NC(=O)CN)C(=O)[O-].NCCCCC(NC(=O)C(Cc1cnc[nH]1)[N-]C(=O)CN)C(=O)[O-].[Cu+2].[H+]. The molecule has 15 N–H and O–H groups in total. The summed E-state index contributed by atoms with van der Waals surface area (Å²) in [6.45, 7) is 2.40. The molecule has 57 heavy (non-hydrogen) atoms. The predicted octanol–water partition coefficient (Wildman–Crippen LogP) is -5.41. The maximum atomic E-state index is 12.4. The van der Waals surface area contributed by atoms with Crippen molar-refractivity contribution in [3.63, 3.8) is 0 Å². The second-order valence-corrected chi connectivity index (χ2v) is 11.5. The van der Waals surface area contributed by atoms with E-state index in [0.29, 0.717) is 50.2 Å². The topological polar surface area (TPSA) is 435 Å². The van der Waals surface area contributed by atoms with Crippen LogP contribution in [-0.2, 0) is 68.3 Å². The molecule has 0 saturated heterocycles. The van der Waals surface area contributed by atoms with Crippen LogP contribution in [0.2, 0.25) is 0 Å². The summed E-state index contributed by atoms with van der Waals surface area (Å²) in [4.78, 5) is 101. The molecule has 0 bridgehead atoms. The number of nitrogens with zero attached hydrogens (tertiary/aromatic N) is 3. The van der Waals surface area contributed by atoms with Gasteiger partial charge in [-0.3, -0.25) is 24.0 Å². The molecule has 4 amide bonds. The number of aromatic nitrogens is 4. The largest absolute Gasteiger partial charge is 2.00 e. The van der Waals surface area contributed by atoms with Crippen LogP contribution in [0.1, 0.15) is 65.2 Å². The number of carbonyl (C=O) groups is 8. The Morgan fingerprint density at radius 1 is 0.702 bits per heavy atom. The van der Waals surface area contributed by atoms with Gasteiger partial charge in [0.15, 0.2) is 0 Å². The Labute approximate surface area is 340 Å². The van der Waals surface area contributed by atoms with Gasteiger partial charge in [-0.25, -0.2) is 9.97 Å². The summed E-state index contributed by atoms with van der Waals surface area (Å²) in [7, 11) is 0. The Hall–Kier alpha value is -5.46. The number of aromatic amines is 2. The molecule has 4 atom stereocenters. The zero-order valence-corrected chi connectivity index (χ0v) is 32.5. The molecule has 0 fully saturated rings. The van der Waals surface area contributed by atoms with Crippen molar-refractivity contribution in [1.29, 1.82) is 0 Å². The fourth-order valence-electron chi connectivity index (χ4n) is 4.13. The maximum Gasteiger partial charge on any atom is 2.00 e. The number of H-pyrrole nitrogens is 2. The first-order chi connectivity index (χ1) is 26.4. The third-order valence-electron chi connectivity index (χ3n) is 6.66. The average molecular weight is 862 g/mol. The van der Waals surface area contributed by atoms with Crippen LogP contribution in [0.4, 0.5) is 0 Å². The molecule has 2 aromatic rings. The van der Waals surface area contributed by atoms with Crippen LogP contribution in [-0.4, -0.2) is 128 Å². The van der Waals surface area contributed by atoms with E-state index in [0.717, 1.165) is 13.8 Å². The van der Waals surface area contributed by atoms with Crippen molar-refractivity contribution in [3.05, 3.63) is 41.8 Å². The summed E-state index contributed by atoms with van der Waals surface area (Å²) >= 11 is 0. The van der Waals surface area contributed by atoms with E-state index in [4.69, 9.17) is 42.7 Å². The Balaban J connectivity index is -0.000000411. The number of hydrogen-bond acceptors (Lipinski definition) is 16. The van der Waals surface area contributed by atoms with E-state index in [1.807, 2.05) is 0 Å². The van der Waals surface area contributed by atoms with Gasteiger partial charge in [0.1, 0.15) is 6.04 Å². The minimum absolute atomic E-state index is 0. The number of carbonyl (C=O) groups excluding carboxylic acids is 6.